The molecule has 0 radical (unpaired) electrons. The number of fused-ring (bicyclic) bond motifs is 1. The molecule has 0 aromatic heterocycles. The predicted molar refractivity (Wildman–Crippen MR) is 74.5 cm³/mol. The Morgan fingerprint density at radius 3 is 2.61 bits per heavy atom. The number of imide groups is 2. The summed E-state index contributed by atoms with van der Waals surface area (Å²) in [7, 11) is 0. The summed E-state index contributed by atoms with van der Waals surface area (Å²) in [6, 6.07) is 2.89. The van der Waals surface area contributed by atoms with Crippen LogP contribution in [0.4, 0.5) is 0 Å². The molecule has 1 saturated heterocycles. The smallest absolute Gasteiger partial charge is 0.335 e. The first-order chi connectivity index (χ1) is 10.9. The molecule has 0 aliphatic carbocycles. The maximum atomic E-state index is 12.5. The zero-order valence-corrected chi connectivity index (χ0v) is 11.9. The number of carbonyl (C=O) groups is 5. The van der Waals surface area contributed by atoms with Crippen molar-refractivity contribution in [1.82, 2.24) is 10.2 Å². The predicted octanol–water partition coefficient (Wildman–Crippen LogP) is -0.285. The van der Waals surface area contributed by atoms with Crippen molar-refractivity contribution < 1.29 is 29.1 Å². The molecule has 3 rings (SSSR count). The number of carbonyl (C=O) groups excluding carboxylic acids is 4. The highest BCUT2D eigenvalue weighted by molar-refractivity contribution is 6.14. The fourth-order valence-electron chi connectivity index (χ4n) is 2.82. The van der Waals surface area contributed by atoms with Gasteiger partial charge in [-0.05, 0) is 30.2 Å². The summed E-state index contributed by atoms with van der Waals surface area (Å²) < 4.78 is 0. The monoisotopic (exact) mass is 316 g/mol. The van der Waals surface area contributed by atoms with E-state index >= 15 is 0 Å². The molecule has 0 spiro atoms. The van der Waals surface area contributed by atoms with Crippen LogP contribution in [0.5, 0.6) is 0 Å². The zero-order valence-electron chi connectivity index (χ0n) is 11.9. The lowest BCUT2D eigenvalue weighted by Gasteiger charge is -2.34. The number of hydrogen-bond donors (Lipinski definition) is 2. The molecule has 1 aromatic carbocycles. The maximum Gasteiger partial charge on any atom is 0.335 e. The first-order valence-electron chi connectivity index (χ1n) is 6.95. The summed E-state index contributed by atoms with van der Waals surface area (Å²) in [6.07, 6.45) is -0.0249. The van der Waals surface area contributed by atoms with E-state index in [0.717, 1.165) is 4.90 Å². The number of nitrogens with one attached hydrogen (secondary N) is 1. The summed E-state index contributed by atoms with van der Waals surface area (Å²) in [5.74, 6) is -3.49. The minimum absolute atomic E-state index is 0.0150. The van der Waals surface area contributed by atoms with Crippen molar-refractivity contribution in [1.29, 1.82) is 0 Å². The van der Waals surface area contributed by atoms with Gasteiger partial charge in [0.2, 0.25) is 17.7 Å². The Labute approximate surface area is 130 Å². The van der Waals surface area contributed by atoms with Gasteiger partial charge in [-0.1, -0.05) is 0 Å². The highest BCUT2D eigenvalue weighted by atomic mass is 16.4. The van der Waals surface area contributed by atoms with Gasteiger partial charge in [-0.3, -0.25) is 29.4 Å². The van der Waals surface area contributed by atoms with E-state index in [1.165, 1.54) is 18.2 Å². The van der Waals surface area contributed by atoms with Crippen LogP contribution in [0.1, 0.15) is 39.1 Å². The number of carboxylic acids is 1. The number of amides is 4. The quantitative estimate of drug-likeness (QED) is 0.724. The van der Waals surface area contributed by atoms with Crippen LogP contribution >= 0.6 is 0 Å². The van der Waals surface area contributed by atoms with Crippen molar-refractivity contribution in [3.05, 3.63) is 34.9 Å². The highest BCUT2D eigenvalue weighted by Crippen LogP contribution is 2.25. The third-order valence-corrected chi connectivity index (χ3v) is 3.93. The molecular weight excluding hydrogens is 304 g/mol. The largest absolute Gasteiger partial charge is 0.478 e. The van der Waals surface area contributed by atoms with Gasteiger partial charge in [-0.2, -0.15) is 0 Å². The Morgan fingerprint density at radius 2 is 1.96 bits per heavy atom. The number of hydrogen-bond acceptors (Lipinski definition) is 5. The Balaban J connectivity index is 1.95. The van der Waals surface area contributed by atoms with Crippen LogP contribution in [0, 0.1) is 0 Å². The Hall–Kier alpha value is -3.03. The van der Waals surface area contributed by atoms with Crippen molar-refractivity contribution in [3.63, 3.8) is 0 Å². The highest BCUT2D eigenvalue weighted by Gasteiger charge is 2.41. The van der Waals surface area contributed by atoms with Gasteiger partial charge in [0.1, 0.15) is 6.04 Å². The molecule has 0 bridgehead atoms. The molecule has 2 aliphatic heterocycles. The number of piperidine rings is 1. The third-order valence-electron chi connectivity index (χ3n) is 3.93. The van der Waals surface area contributed by atoms with Crippen LogP contribution in [0.3, 0.4) is 0 Å². The van der Waals surface area contributed by atoms with Crippen molar-refractivity contribution >= 4 is 29.6 Å². The van der Waals surface area contributed by atoms with E-state index < -0.39 is 35.6 Å². The lowest BCUT2D eigenvalue weighted by Crippen LogP contribution is -2.57. The fourth-order valence-corrected chi connectivity index (χ4v) is 2.82. The third kappa shape index (κ3) is 2.48. The van der Waals surface area contributed by atoms with Crippen molar-refractivity contribution in [2.75, 3.05) is 0 Å². The number of rotatable bonds is 2. The molecule has 1 atom stereocenters. The standard InChI is InChI=1S/C15H12N2O6/c18-11-4-3-10(13(20)16-11)17-12(19)6-8-5-7(15(22)23)1-2-9(8)14(17)21/h1-2,5,10H,3-4,6H2,(H,22,23)(H,16,18,20). The lowest BCUT2D eigenvalue weighted by atomic mass is 9.93. The summed E-state index contributed by atoms with van der Waals surface area (Å²) >= 11 is 0. The summed E-state index contributed by atoms with van der Waals surface area (Å²) in [4.78, 5) is 59.7. The number of aromatic carboxylic acids is 1. The first-order valence-corrected chi connectivity index (χ1v) is 6.95. The van der Waals surface area contributed by atoms with Crippen LogP contribution < -0.4 is 5.32 Å². The van der Waals surface area contributed by atoms with Crippen molar-refractivity contribution in [2.24, 2.45) is 0 Å². The molecule has 0 saturated carbocycles. The van der Waals surface area contributed by atoms with Crippen molar-refractivity contribution in [2.45, 2.75) is 25.3 Å². The Morgan fingerprint density at radius 1 is 1.22 bits per heavy atom. The SMILES string of the molecule is O=C1CCC(N2C(=O)Cc3cc(C(=O)O)ccc3C2=O)C(=O)N1. The van der Waals surface area contributed by atoms with Gasteiger partial charge >= 0.3 is 5.97 Å². The van der Waals surface area contributed by atoms with E-state index in [0.29, 0.717) is 5.56 Å². The van der Waals surface area contributed by atoms with E-state index in [-0.39, 0.29) is 30.4 Å². The zero-order chi connectivity index (χ0) is 16.7. The van der Waals surface area contributed by atoms with Gasteiger partial charge in [0.15, 0.2) is 0 Å². The summed E-state index contributed by atoms with van der Waals surface area (Å²) in [6.45, 7) is 0. The van der Waals surface area contributed by atoms with Gasteiger partial charge < -0.3 is 5.11 Å². The van der Waals surface area contributed by atoms with Crippen molar-refractivity contribution in [3.8, 4) is 0 Å². The van der Waals surface area contributed by atoms with Crippen LogP contribution in [0.2, 0.25) is 0 Å². The molecular formula is C15H12N2O6. The van der Waals surface area contributed by atoms with E-state index in [1.807, 2.05) is 0 Å². The second-order valence-corrected chi connectivity index (χ2v) is 5.39. The molecule has 4 amide bonds. The summed E-state index contributed by atoms with van der Waals surface area (Å²) in [5, 5.41) is 11.1. The van der Waals surface area contributed by atoms with E-state index in [4.69, 9.17) is 5.11 Å². The van der Waals surface area contributed by atoms with Crippen LogP contribution in [0.25, 0.3) is 0 Å². The molecule has 1 fully saturated rings. The minimum Gasteiger partial charge on any atom is -0.478 e. The van der Waals surface area contributed by atoms with Gasteiger partial charge in [0.25, 0.3) is 5.91 Å². The van der Waals surface area contributed by atoms with E-state index in [1.54, 1.807) is 0 Å². The minimum atomic E-state index is -1.15. The van der Waals surface area contributed by atoms with Gasteiger partial charge in [0, 0.05) is 12.0 Å². The molecule has 1 aromatic rings. The van der Waals surface area contributed by atoms with Gasteiger partial charge in [0.05, 0.1) is 12.0 Å². The maximum absolute atomic E-state index is 12.5. The molecule has 2 heterocycles. The Kier molecular flexibility index (Phi) is 3.44. The summed E-state index contributed by atoms with van der Waals surface area (Å²) in [5.41, 5.74) is 0.501. The fraction of sp³-hybridized carbons (Fsp3) is 0.267. The Bertz CT molecular complexity index is 769. The van der Waals surface area contributed by atoms with Gasteiger partial charge in [-0.15, -0.1) is 0 Å². The molecule has 23 heavy (non-hydrogen) atoms. The molecule has 8 heteroatoms. The molecule has 8 nitrogen and oxygen atoms in total. The molecule has 118 valence electrons. The van der Waals surface area contributed by atoms with E-state index in [2.05, 4.69) is 5.32 Å². The average Bonchev–Trinajstić information content (AvgIpc) is 2.48. The van der Waals surface area contributed by atoms with E-state index in [9.17, 15) is 24.0 Å². The molecule has 2 N–H and O–H groups in total. The average molecular weight is 316 g/mol. The lowest BCUT2D eigenvalue weighted by molar-refractivity contribution is -0.143. The van der Waals surface area contributed by atoms with Crippen LogP contribution in [0.15, 0.2) is 18.2 Å². The normalized spacial score (nSPS) is 21.0. The molecule has 1 unspecified atom stereocenters. The first kappa shape index (κ1) is 14.9. The second-order valence-electron chi connectivity index (χ2n) is 5.39. The number of nitrogens with zero attached hydrogens (tertiary/aromatic N) is 1. The van der Waals surface area contributed by atoms with Crippen LogP contribution in [-0.2, 0) is 20.8 Å². The number of benzene rings is 1. The van der Waals surface area contributed by atoms with Crippen LogP contribution in [-0.4, -0.2) is 45.6 Å². The topological polar surface area (TPSA) is 121 Å². The van der Waals surface area contributed by atoms with Gasteiger partial charge in [-0.25, -0.2) is 4.79 Å². The second kappa shape index (κ2) is 5.31. The number of carboxylic acid groups (broad SMARTS) is 1. The molecule has 2 aliphatic rings.